The first-order valence-corrected chi connectivity index (χ1v) is 9.45. The van der Waals surface area contributed by atoms with Gasteiger partial charge >= 0.3 is 0 Å². The smallest absolute Gasteiger partial charge is 0.147 e. The quantitative estimate of drug-likeness (QED) is 0.781. The SMILES string of the molecule is COc1cc(-c2cnc(N3CCN(C(C)C)CC3)cn2)ccc1CC(C)=O. The number of carbonyl (C=O) groups is 1. The number of Topliss-reactive ketones (excluding diaryl/α,β-unsaturated/α-hetero) is 1. The summed E-state index contributed by atoms with van der Waals surface area (Å²) in [6.45, 7) is 10.1. The lowest BCUT2D eigenvalue weighted by Gasteiger charge is -2.37. The molecule has 0 amide bonds. The van der Waals surface area contributed by atoms with Crippen molar-refractivity contribution < 1.29 is 9.53 Å². The molecule has 0 spiro atoms. The molecule has 2 aromatic rings. The average Bonchev–Trinajstić information content (AvgIpc) is 2.68. The van der Waals surface area contributed by atoms with Crippen LogP contribution in [0.5, 0.6) is 5.75 Å². The number of ether oxygens (including phenoxy) is 1. The minimum absolute atomic E-state index is 0.114. The molecule has 0 unspecified atom stereocenters. The van der Waals surface area contributed by atoms with Gasteiger partial charge in [-0.3, -0.25) is 14.7 Å². The fraction of sp³-hybridized carbons (Fsp3) is 0.476. The number of ketones is 1. The molecule has 0 atom stereocenters. The van der Waals surface area contributed by atoms with Gasteiger partial charge in [-0.25, -0.2) is 4.98 Å². The predicted octanol–water partition coefficient (Wildman–Crippen LogP) is 2.81. The van der Waals surface area contributed by atoms with Crippen LogP contribution in [0.3, 0.4) is 0 Å². The van der Waals surface area contributed by atoms with Crippen LogP contribution in [0.15, 0.2) is 30.6 Å². The van der Waals surface area contributed by atoms with Gasteiger partial charge in [0.25, 0.3) is 0 Å². The van der Waals surface area contributed by atoms with Crippen LogP contribution in [0.4, 0.5) is 5.82 Å². The van der Waals surface area contributed by atoms with Crippen LogP contribution in [0, 0.1) is 0 Å². The lowest BCUT2D eigenvalue weighted by molar-refractivity contribution is -0.116. The molecule has 0 saturated carbocycles. The molecule has 1 fully saturated rings. The normalized spacial score (nSPS) is 15.2. The molecule has 3 rings (SSSR count). The number of benzene rings is 1. The Morgan fingerprint density at radius 2 is 1.89 bits per heavy atom. The molecule has 6 nitrogen and oxygen atoms in total. The summed E-state index contributed by atoms with van der Waals surface area (Å²) in [6.07, 6.45) is 4.02. The Morgan fingerprint density at radius 3 is 2.44 bits per heavy atom. The largest absolute Gasteiger partial charge is 0.496 e. The fourth-order valence-electron chi connectivity index (χ4n) is 3.42. The van der Waals surface area contributed by atoms with E-state index in [1.54, 1.807) is 14.0 Å². The van der Waals surface area contributed by atoms with E-state index in [9.17, 15) is 4.79 Å². The zero-order valence-electron chi connectivity index (χ0n) is 16.6. The number of anilines is 1. The highest BCUT2D eigenvalue weighted by atomic mass is 16.5. The molecular weight excluding hydrogens is 340 g/mol. The second kappa shape index (κ2) is 8.48. The van der Waals surface area contributed by atoms with E-state index in [-0.39, 0.29) is 5.78 Å². The van der Waals surface area contributed by atoms with Gasteiger partial charge < -0.3 is 9.64 Å². The van der Waals surface area contributed by atoms with Crippen molar-refractivity contribution >= 4 is 11.6 Å². The van der Waals surface area contributed by atoms with Gasteiger partial charge in [0.15, 0.2) is 0 Å². The van der Waals surface area contributed by atoms with Crippen molar-refractivity contribution in [3.63, 3.8) is 0 Å². The molecule has 0 aliphatic carbocycles. The van der Waals surface area contributed by atoms with Gasteiger partial charge in [0, 0.05) is 49.8 Å². The van der Waals surface area contributed by atoms with Crippen molar-refractivity contribution in [2.45, 2.75) is 33.2 Å². The van der Waals surface area contributed by atoms with Gasteiger partial charge in [0.1, 0.15) is 17.4 Å². The molecule has 1 aliphatic heterocycles. The molecule has 0 N–H and O–H groups in total. The van der Waals surface area contributed by atoms with Crippen molar-refractivity contribution in [3.05, 3.63) is 36.2 Å². The third kappa shape index (κ3) is 4.63. The summed E-state index contributed by atoms with van der Waals surface area (Å²) in [4.78, 5) is 25.4. The highest BCUT2D eigenvalue weighted by molar-refractivity contribution is 5.79. The first-order valence-electron chi connectivity index (χ1n) is 9.45. The highest BCUT2D eigenvalue weighted by Gasteiger charge is 2.20. The van der Waals surface area contributed by atoms with Crippen LogP contribution in [-0.4, -0.2) is 60.0 Å². The lowest BCUT2D eigenvalue weighted by atomic mass is 10.0. The van der Waals surface area contributed by atoms with Gasteiger partial charge in [0.2, 0.25) is 0 Å². The average molecular weight is 368 g/mol. The summed E-state index contributed by atoms with van der Waals surface area (Å²) >= 11 is 0. The topological polar surface area (TPSA) is 58.6 Å². The van der Waals surface area contributed by atoms with Crippen LogP contribution in [0.2, 0.25) is 0 Å². The molecule has 6 heteroatoms. The Balaban J connectivity index is 1.73. The van der Waals surface area contributed by atoms with E-state index in [2.05, 4.69) is 33.6 Å². The summed E-state index contributed by atoms with van der Waals surface area (Å²) in [5.41, 5.74) is 2.62. The number of aromatic nitrogens is 2. The van der Waals surface area contributed by atoms with Crippen molar-refractivity contribution in [2.24, 2.45) is 0 Å². The van der Waals surface area contributed by atoms with E-state index in [1.807, 2.05) is 30.6 Å². The molecule has 1 aromatic carbocycles. The summed E-state index contributed by atoms with van der Waals surface area (Å²) in [5.74, 6) is 1.74. The van der Waals surface area contributed by atoms with Gasteiger partial charge in [-0.05, 0) is 26.8 Å². The van der Waals surface area contributed by atoms with E-state index in [0.717, 1.165) is 48.8 Å². The maximum absolute atomic E-state index is 11.4. The maximum Gasteiger partial charge on any atom is 0.147 e. The minimum Gasteiger partial charge on any atom is -0.496 e. The number of rotatable bonds is 6. The van der Waals surface area contributed by atoms with Crippen molar-refractivity contribution in [2.75, 3.05) is 38.2 Å². The number of carbonyl (C=O) groups excluding carboxylic acids is 1. The van der Waals surface area contributed by atoms with E-state index in [0.29, 0.717) is 18.2 Å². The molecule has 1 saturated heterocycles. The standard InChI is InChI=1S/C21H28N4O2/c1-15(2)24-7-9-25(10-8-24)21-14-22-19(13-23-21)17-5-6-18(11-16(3)26)20(12-17)27-4/h5-6,12-15H,7-11H2,1-4H3. The van der Waals surface area contributed by atoms with Crippen molar-refractivity contribution in [1.82, 2.24) is 14.9 Å². The third-order valence-electron chi connectivity index (χ3n) is 5.03. The Labute approximate surface area is 161 Å². The number of hydrogen-bond acceptors (Lipinski definition) is 6. The third-order valence-corrected chi connectivity index (χ3v) is 5.03. The van der Waals surface area contributed by atoms with E-state index < -0.39 is 0 Å². The first kappa shape index (κ1) is 19.3. The highest BCUT2D eigenvalue weighted by Crippen LogP contribution is 2.27. The second-order valence-electron chi connectivity index (χ2n) is 7.28. The molecular formula is C21H28N4O2. The number of hydrogen-bond donors (Lipinski definition) is 0. The number of piperazine rings is 1. The summed E-state index contributed by atoms with van der Waals surface area (Å²) in [5, 5.41) is 0. The first-order chi connectivity index (χ1) is 13.0. The van der Waals surface area contributed by atoms with Crippen LogP contribution >= 0.6 is 0 Å². The molecule has 1 aromatic heterocycles. The summed E-state index contributed by atoms with van der Waals surface area (Å²) in [7, 11) is 1.62. The van der Waals surface area contributed by atoms with Crippen molar-refractivity contribution in [1.29, 1.82) is 0 Å². The minimum atomic E-state index is 0.114. The van der Waals surface area contributed by atoms with Crippen molar-refractivity contribution in [3.8, 4) is 17.0 Å². The van der Waals surface area contributed by atoms with E-state index in [4.69, 9.17) is 4.74 Å². The van der Waals surface area contributed by atoms with Crippen LogP contribution < -0.4 is 9.64 Å². The molecule has 0 radical (unpaired) electrons. The molecule has 27 heavy (non-hydrogen) atoms. The zero-order valence-corrected chi connectivity index (χ0v) is 16.6. The van der Waals surface area contributed by atoms with Gasteiger partial charge in [0.05, 0.1) is 25.2 Å². The van der Waals surface area contributed by atoms with Gasteiger partial charge in [-0.15, -0.1) is 0 Å². The van der Waals surface area contributed by atoms with Crippen LogP contribution in [0.25, 0.3) is 11.3 Å². The summed E-state index contributed by atoms with van der Waals surface area (Å²) in [6, 6.07) is 6.40. The van der Waals surface area contributed by atoms with Crippen LogP contribution in [-0.2, 0) is 11.2 Å². The van der Waals surface area contributed by atoms with E-state index in [1.165, 1.54) is 0 Å². The molecule has 2 heterocycles. The summed E-state index contributed by atoms with van der Waals surface area (Å²) < 4.78 is 5.44. The fourth-order valence-corrected chi connectivity index (χ4v) is 3.42. The number of methoxy groups -OCH3 is 1. The Morgan fingerprint density at radius 1 is 1.15 bits per heavy atom. The monoisotopic (exact) mass is 368 g/mol. The zero-order chi connectivity index (χ0) is 19.4. The number of nitrogens with zero attached hydrogens (tertiary/aromatic N) is 4. The Kier molecular flexibility index (Phi) is 6.06. The van der Waals surface area contributed by atoms with E-state index >= 15 is 0 Å². The Bertz CT molecular complexity index is 781. The molecule has 1 aliphatic rings. The second-order valence-corrected chi connectivity index (χ2v) is 7.28. The molecule has 144 valence electrons. The van der Waals surface area contributed by atoms with Crippen LogP contribution in [0.1, 0.15) is 26.3 Å². The van der Waals surface area contributed by atoms with Gasteiger partial charge in [-0.2, -0.15) is 0 Å². The predicted molar refractivity (Wildman–Crippen MR) is 107 cm³/mol. The Hall–Kier alpha value is -2.47. The lowest BCUT2D eigenvalue weighted by Crippen LogP contribution is -2.49. The maximum atomic E-state index is 11.4. The van der Waals surface area contributed by atoms with Gasteiger partial charge in [-0.1, -0.05) is 12.1 Å². The molecule has 0 bridgehead atoms.